The lowest BCUT2D eigenvalue weighted by Crippen LogP contribution is -2.48. The number of rotatable bonds is 4. The Hall–Kier alpha value is -2.12. The van der Waals surface area contributed by atoms with E-state index in [1.165, 1.54) is 17.7 Å². The molecule has 3 rings (SSSR count). The van der Waals surface area contributed by atoms with Crippen molar-refractivity contribution in [2.75, 3.05) is 44.3 Å². The van der Waals surface area contributed by atoms with Gasteiger partial charge < -0.3 is 25.4 Å². The van der Waals surface area contributed by atoms with Gasteiger partial charge in [0, 0.05) is 30.9 Å². The molecule has 2 saturated heterocycles. The molecule has 1 aromatic rings. The maximum atomic E-state index is 12.8. The summed E-state index contributed by atoms with van der Waals surface area (Å²) in [5.41, 5.74) is 5.45. The molecule has 1 atom stereocenters. The normalized spacial score (nSPS) is 24.2. The molecule has 7 nitrogen and oxygen atoms in total. The van der Waals surface area contributed by atoms with Crippen LogP contribution < -0.4 is 10.6 Å². The molecule has 2 fully saturated rings. The first-order valence-corrected chi connectivity index (χ1v) is 8.70. The minimum Gasteiger partial charge on any atom is -0.385 e. The third-order valence-corrected chi connectivity index (χ3v) is 4.74. The largest absolute Gasteiger partial charge is 0.385 e. The molecule has 0 radical (unpaired) electrons. The number of hydrogen-bond donors (Lipinski definition) is 2. The number of nitrogens with zero attached hydrogens (tertiary/aromatic N) is 2. The fourth-order valence-electron chi connectivity index (χ4n) is 3.49. The van der Waals surface area contributed by atoms with E-state index < -0.39 is 11.5 Å². The van der Waals surface area contributed by atoms with Crippen LogP contribution in [0.3, 0.4) is 0 Å². The average molecular weight is 347 g/mol. The highest BCUT2D eigenvalue weighted by molar-refractivity contribution is 5.94. The Morgan fingerprint density at radius 2 is 1.84 bits per heavy atom. The third-order valence-electron chi connectivity index (χ3n) is 4.74. The molecule has 1 aromatic carbocycles. The first-order chi connectivity index (χ1) is 12.0. The molecule has 2 aliphatic heterocycles. The number of anilines is 1. The average Bonchev–Trinajstić information content (AvgIpc) is 3.04. The van der Waals surface area contributed by atoms with Crippen molar-refractivity contribution in [2.45, 2.75) is 24.9 Å². The first-order valence-electron chi connectivity index (χ1n) is 8.70. The number of hydrogen-bond acceptors (Lipinski definition) is 5. The van der Waals surface area contributed by atoms with E-state index >= 15 is 0 Å². The Kier molecular flexibility index (Phi) is 5.24. The molecule has 2 amide bonds. The summed E-state index contributed by atoms with van der Waals surface area (Å²) in [6, 6.07) is 7.55. The number of carbonyl (C=O) groups excluding carboxylic acids is 2. The van der Waals surface area contributed by atoms with Crippen molar-refractivity contribution in [3.05, 3.63) is 29.8 Å². The minimum absolute atomic E-state index is 0.00633. The molecule has 0 saturated carbocycles. The molecule has 0 aliphatic carbocycles. The van der Waals surface area contributed by atoms with E-state index in [9.17, 15) is 14.7 Å². The van der Waals surface area contributed by atoms with E-state index in [0.717, 1.165) is 18.8 Å². The fraction of sp³-hybridized carbons (Fsp3) is 0.556. The van der Waals surface area contributed by atoms with Crippen LogP contribution in [0.15, 0.2) is 24.3 Å². The lowest BCUT2D eigenvalue weighted by atomic mass is 9.99. The molecule has 136 valence electrons. The summed E-state index contributed by atoms with van der Waals surface area (Å²) in [6.07, 6.45) is 2.17. The highest BCUT2D eigenvalue weighted by Gasteiger charge is 2.36. The van der Waals surface area contributed by atoms with Gasteiger partial charge in [0.05, 0.1) is 26.2 Å². The number of aliphatic hydroxyl groups is 1. The van der Waals surface area contributed by atoms with Gasteiger partial charge in [0.15, 0.2) is 0 Å². The van der Waals surface area contributed by atoms with Crippen molar-refractivity contribution >= 4 is 17.5 Å². The van der Waals surface area contributed by atoms with Gasteiger partial charge in [-0.25, -0.2) is 0 Å². The van der Waals surface area contributed by atoms with Gasteiger partial charge in [-0.05, 0) is 37.1 Å². The van der Waals surface area contributed by atoms with Gasteiger partial charge in [0.1, 0.15) is 5.60 Å². The minimum atomic E-state index is -1.44. The van der Waals surface area contributed by atoms with E-state index in [4.69, 9.17) is 10.5 Å². The van der Waals surface area contributed by atoms with Crippen LogP contribution in [0.1, 0.15) is 29.6 Å². The van der Waals surface area contributed by atoms with Crippen molar-refractivity contribution in [2.24, 2.45) is 5.73 Å². The number of nitrogens with two attached hydrogens (primary N) is 1. The number of β-amino-alcohol motifs (C(OH)–C–C–N with tert-alkyl or cyclic N) is 1. The van der Waals surface area contributed by atoms with E-state index in [2.05, 4.69) is 4.90 Å². The zero-order chi connectivity index (χ0) is 17.9. The third kappa shape index (κ3) is 4.29. The maximum Gasteiger partial charge on any atom is 0.254 e. The van der Waals surface area contributed by atoms with Crippen molar-refractivity contribution in [1.82, 2.24) is 4.90 Å². The van der Waals surface area contributed by atoms with Gasteiger partial charge in [-0.1, -0.05) is 0 Å². The zero-order valence-corrected chi connectivity index (χ0v) is 14.3. The second kappa shape index (κ2) is 7.41. The van der Waals surface area contributed by atoms with Crippen LogP contribution >= 0.6 is 0 Å². The lowest BCUT2D eigenvalue weighted by Gasteiger charge is -2.30. The fourth-order valence-corrected chi connectivity index (χ4v) is 3.49. The predicted molar refractivity (Wildman–Crippen MR) is 93.4 cm³/mol. The summed E-state index contributed by atoms with van der Waals surface area (Å²) in [5.74, 6) is -0.795. The quantitative estimate of drug-likeness (QED) is 0.820. The molecular weight excluding hydrogens is 322 g/mol. The smallest absolute Gasteiger partial charge is 0.254 e. The Labute approximate surface area is 147 Å². The Balaban J connectivity index is 1.71. The molecule has 7 heteroatoms. The van der Waals surface area contributed by atoms with Crippen LogP contribution in [-0.4, -0.2) is 66.8 Å². The topological polar surface area (TPSA) is 96.1 Å². The monoisotopic (exact) mass is 347 g/mol. The molecule has 0 bridgehead atoms. The van der Waals surface area contributed by atoms with Crippen molar-refractivity contribution in [3.8, 4) is 0 Å². The summed E-state index contributed by atoms with van der Waals surface area (Å²) >= 11 is 0. The summed E-state index contributed by atoms with van der Waals surface area (Å²) in [7, 11) is 0. The molecular formula is C18H25N3O4. The lowest BCUT2D eigenvalue weighted by molar-refractivity contribution is -0.125. The Morgan fingerprint density at radius 1 is 1.16 bits per heavy atom. The number of benzene rings is 1. The van der Waals surface area contributed by atoms with Crippen LogP contribution in [0.4, 0.5) is 5.69 Å². The van der Waals surface area contributed by atoms with Gasteiger partial charge >= 0.3 is 0 Å². The molecule has 25 heavy (non-hydrogen) atoms. The summed E-state index contributed by atoms with van der Waals surface area (Å²) in [5, 5.41) is 10.5. The first kappa shape index (κ1) is 17.7. The molecule has 2 heterocycles. The van der Waals surface area contributed by atoms with E-state index in [1.807, 2.05) is 24.3 Å². The van der Waals surface area contributed by atoms with Crippen LogP contribution in [0.5, 0.6) is 0 Å². The van der Waals surface area contributed by atoms with Crippen LogP contribution in [-0.2, 0) is 9.53 Å². The zero-order valence-electron chi connectivity index (χ0n) is 14.3. The molecule has 0 unspecified atom stereocenters. The van der Waals surface area contributed by atoms with E-state index in [0.29, 0.717) is 18.7 Å². The van der Waals surface area contributed by atoms with Crippen LogP contribution in [0, 0.1) is 0 Å². The van der Waals surface area contributed by atoms with Crippen molar-refractivity contribution in [1.29, 1.82) is 0 Å². The second-order valence-electron chi connectivity index (χ2n) is 6.89. The number of primary amides is 1. The highest BCUT2D eigenvalue weighted by Crippen LogP contribution is 2.22. The van der Waals surface area contributed by atoms with E-state index in [-0.39, 0.29) is 25.5 Å². The van der Waals surface area contributed by atoms with Crippen molar-refractivity contribution < 1.29 is 19.4 Å². The number of amides is 2. The van der Waals surface area contributed by atoms with Crippen LogP contribution in [0.25, 0.3) is 0 Å². The standard InChI is InChI=1S/C18H25N3O4/c19-16(22)11-18(24)12-21(9-10-25-13-18)17(23)14-3-5-15(6-4-14)20-7-1-2-8-20/h3-6,24H,1-2,7-13H2,(H2,19,22)/t18-/m1/s1. The van der Waals surface area contributed by atoms with Gasteiger partial charge in [0.2, 0.25) is 5.91 Å². The SMILES string of the molecule is NC(=O)C[C@]1(O)COCCN(C(=O)c2ccc(N3CCCC3)cc2)C1. The number of ether oxygens (including phenoxy) is 1. The number of carbonyl (C=O) groups is 2. The van der Waals surface area contributed by atoms with E-state index in [1.54, 1.807) is 0 Å². The molecule has 3 N–H and O–H groups in total. The summed E-state index contributed by atoms with van der Waals surface area (Å²) in [4.78, 5) is 27.8. The van der Waals surface area contributed by atoms with Gasteiger partial charge in [-0.2, -0.15) is 0 Å². The van der Waals surface area contributed by atoms with Gasteiger partial charge in [-0.15, -0.1) is 0 Å². The Bertz CT molecular complexity index is 628. The van der Waals surface area contributed by atoms with Gasteiger partial charge in [-0.3, -0.25) is 9.59 Å². The highest BCUT2D eigenvalue weighted by atomic mass is 16.5. The summed E-state index contributed by atoms with van der Waals surface area (Å²) < 4.78 is 5.36. The second-order valence-corrected chi connectivity index (χ2v) is 6.89. The predicted octanol–water partition coefficient (Wildman–Crippen LogP) is 0.366. The summed E-state index contributed by atoms with van der Waals surface area (Å²) in [6.45, 7) is 2.82. The molecule has 2 aliphatic rings. The molecule has 0 spiro atoms. The van der Waals surface area contributed by atoms with Crippen molar-refractivity contribution in [3.63, 3.8) is 0 Å². The van der Waals surface area contributed by atoms with Crippen LogP contribution in [0.2, 0.25) is 0 Å². The molecule has 0 aromatic heterocycles. The maximum absolute atomic E-state index is 12.8. The van der Waals surface area contributed by atoms with Gasteiger partial charge in [0.25, 0.3) is 5.91 Å². The Morgan fingerprint density at radius 3 is 2.48 bits per heavy atom.